The van der Waals surface area contributed by atoms with E-state index in [0.29, 0.717) is 12.1 Å². The number of imidazole rings is 1. The molecule has 174 valence electrons. The van der Waals surface area contributed by atoms with Gasteiger partial charge in [-0.25, -0.2) is 13.4 Å². The fourth-order valence-corrected chi connectivity index (χ4v) is 5.31. The number of nitrogens with zero attached hydrogens (tertiary/aromatic N) is 3. The van der Waals surface area contributed by atoms with E-state index in [2.05, 4.69) is 24.6 Å². The molecule has 3 aromatic rings. The largest absolute Gasteiger partial charge is 0.354 e. The molecule has 1 aliphatic rings. The van der Waals surface area contributed by atoms with E-state index < -0.39 is 16.1 Å². The van der Waals surface area contributed by atoms with Crippen molar-refractivity contribution in [3.05, 3.63) is 59.9 Å². The summed E-state index contributed by atoms with van der Waals surface area (Å²) in [4.78, 5) is 22.4. The van der Waals surface area contributed by atoms with Gasteiger partial charge in [-0.2, -0.15) is 0 Å². The Morgan fingerprint density at radius 3 is 2.70 bits per heavy atom. The number of aryl methyl sites for hydroxylation is 2. The van der Waals surface area contributed by atoms with Crippen molar-refractivity contribution >= 4 is 32.8 Å². The standard InChI is InChI=1S/C24H29N5O3S/c1-4-16(2)22(27-23-18-10-5-8-13-21(18)33(31,32)28-23)24(30)25-14-9-15-29-17(3)26-19-11-6-7-12-20(19)29/h5-8,10-13,16,22H,4,9,14-15H2,1-3H3,(H,25,30)(H,27,28)/t16-,22-/m0/s1. The normalized spacial score (nSPS) is 17.5. The summed E-state index contributed by atoms with van der Waals surface area (Å²) in [6.45, 7) is 7.15. The topological polar surface area (TPSA) is 105 Å². The predicted molar refractivity (Wildman–Crippen MR) is 129 cm³/mol. The molecular formula is C24H29N5O3S. The molecule has 2 N–H and O–H groups in total. The van der Waals surface area contributed by atoms with Gasteiger partial charge in [0, 0.05) is 18.7 Å². The van der Waals surface area contributed by atoms with Crippen molar-refractivity contribution in [3.8, 4) is 0 Å². The zero-order valence-corrected chi connectivity index (χ0v) is 19.9. The van der Waals surface area contributed by atoms with Crippen LogP contribution in [0.25, 0.3) is 11.0 Å². The first kappa shape index (κ1) is 23.0. The second kappa shape index (κ2) is 9.35. The van der Waals surface area contributed by atoms with E-state index in [-0.39, 0.29) is 22.6 Å². The van der Waals surface area contributed by atoms with Crippen molar-refractivity contribution in [2.24, 2.45) is 10.9 Å². The number of aliphatic imine (C=N–C) groups is 1. The van der Waals surface area contributed by atoms with Crippen molar-refractivity contribution in [2.45, 2.75) is 51.1 Å². The van der Waals surface area contributed by atoms with Gasteiger partial charge in [0.1, 0.15) is 17.7 Å². The van der Waals surface area contributed by atoms with Crippen molar-refractivity contribution < 1.29 is 13.2 Å². The zero-order valence-electron chi connectivity index (χ0n) is 19.1. The first-order chi connectivity index (χ1) is 15.8. The Balaban J connectivity index is 1.45. The number of amidine groups is 1. The number of carbonyl (C=O) groups is 1. The molecule has 0 aliphatic carbocycles. The molecule has 0 spiro atoms. The Morgan fingerprint density at radius 2 is 1.91 bits per heavy atom. The lowest BCUT2D eigenvalue weighted by atomic mass is 9.98. The fraction of sp³-hybridized carbons (Fsp3) is 0.375. The Kier molecular flexibility index (Phi) is 6.51. The summed E-state index contributed by atoms with van der Waals surface area (Å²) in [7, 11) is -3.65. The third kappa shape index (κ3) is 4.64. The lowest BCUT2D eigenvalue weighted by molar-refractivity contribution is -0.123. The molecule has 0 saturated heterocycles. The van der Waals surface area contributed by atoms with Gasteiger partial charge in [-0.3, -0.25) is 14.5 Å². The van der Waals surface area contributed by atoms with Gasteiger partial charge in [0.25, 0.3) is 10.0 Å². The van der Waals surface area contributed by atoms with Crippen molar-refractivity contribution in [3.63, 3.8) is 0 Å². The maximum atomic E-state index is 13.0. The minimum absolute atomic E-state index is 0.0467. The third-order valence-electron chi connectivity index (χ3n) is 6.09. The van der Waals surface area contributed by atoms with E-state index in [1.165, 1.54) is 0 Å². The van der Waals surface area contributed by atoms with Crippen LogP contribution >= 0.6 is 0 Å². The smallest absolute Gasteiger partial charge is 0.263 e. The zero-order chi connectivity index (χ0) is 23.6. The van der Waals surface area contributed by atoms with E-state index in [4.69, 9.17) is 0 Å². The number of sulfonamides is 1. The number of carbonyl (C=O) groups excluding carboxylic acids is 1. The van der Waals surface area contributed by atoms with Gasteiger partial charge in [0.2, 0.25) is 5.91 Å². The number of hydrogen-bond donors (Lipinski definition) is 2. The fourth-order valence-electron chi connectivity index (χ4n) is 4.07. The summed E-state index contributed by atoms with van der Waals surface area (Å²) < 4.78 is 29.4. The van der Waals surface area contributed by atoms with Crippen LogP contribution in [0.4, 0.5) is 0 Å². The van der Waals surface area contributed by atoms with Crippen LogP contribution in [-0.4, -0.2) is 42.3 Å². The van der Waals surface area contributed by atoms with Crippen LogP contribution < -0.4 is 10.0 Å². The highest BCUT2D eigenvalue weighted by molar-refractivity contribution is 7.90. The first-order valence-electron chi connectivity index (χ1n) is 11.2. The van der Waals surface area contributed by atoms with Gasteiger partial charge in [0.15, 0.2) is 0 Å². The van der Waals surface area contributed by atoms with Gasteiger partial charge in [-0.05, 0) is 43.5 Å². The molecular weight excluding hydrogens is 438 g/mol. The van der Waals surface area contributed by atoms with Crippen LogP contribution in [0.3, 0.4) is 0 Å². The molecule has 0 unspecified atom stereocenters. The predicted octanol–water partition coefficient (Wildman–Crippen LogP) is 3.00. The van der Waals surface area contributed by atoms with Gasteiger partial charge >= 0.3 is 0 Å². The molecule has 1 amide bonds. The molecule has 33 heavy (non-hydrogen) atoms. The van der Waals surface area contributed by atoms with Crippen molar-refractivity contribution in [1.82, 2.24) is 19.6 Å². The first-order valence-corrected chi connectivity index (χ1v) is 12.7. The minimum Gasteiger partial charge on any atom is -0.354 e. The molecule has 8 nitrogen and oxygen atoms in total. The average molecular weight is 468 g/mol. The maximum absolute atomic E-state index is 13.0. The number of nitrogens with one attached hydrogen (secondary N) is 2. The van der Waals surface area contributed by atoms with Crippen LogP contribution in [0.2, 0.25) is 0 Å². The highest BCUT2D eigenvalue weighted by Crippen LogP contribution is 2.24. The Labute approximate surface area is 194 Å². The summed E-state index contributed by atoms with van der Waals surface area (Å²) >= 11 is 0. The Bertz CT molecular complexity index is 1310. The summed E-state index contributed by atoms with van der Waals surface area (Å²) in [6, 6.07) is 14.0. The van der Waals surface area contributed by atoms with Crippen LogP contribution in [0, 0.1) is 12.8 Å². The van der Waals surface area contributed by atoms with Gasteiger partial charge in [-0.15, -0.1) is 0 Å². The van der Waals surface area contributed by atoms with Gasteiger partial charge < -0.3 is 9.88 Å². The molecule has 1 aromatic heterocycles. The lowest BCUT2D eigenvalue weighted by Gasteiger charge is -2.19. The van der Waals surface area contributed by atoms with E-state index in [9.17, 15) is 13.2 Å². The third-order valence-corrected chi connectivity index (χ3v) is 7.48. The van der Waals surface area contributed by atoms with Crippen LogP contribution in [0.1, 0.15) is 38.1 Å². The van der Waals surface area contributed by atoms with Gasteiger partial charge in [-0.1, -0.05) is 44.5 Å². The quantitative estimate of drug-likeness (QED) is 0.497. The minimum atomic E-state index is -3.65. The molecule has 0 radical (unpaired) electrons. The van der Waals surface area contributed by atoms with Crippen molar-refractivity contribution in [2.75, 3.05) is 6.54 Å². The van der Waals surface area contributed by atoms with E-state index in [1.54, 1.807) is 24.3 Å². The van der Waals surface area contributed by atoms with Crippen LogP contribution in [0.15, 0.2) is 58.4 Å². The van der Waals surface area contributed by atoms with Gasteiger partial charge in [0.05, 0.1) is 15.9 Å². The number of benzene rings is 2. The van der Waals surface area contributed by atoms with E-state index in [1.807, 2.05) is 45.0 Å². The molecule has 0 bridgehead atoms. The highest BCUT2D eigenvalue weighted by atomic mass is 32.2. The monoisotopic (exact) mass is 467 g/mol. The van der Waals surface area contributed by atoms with Crippen LogP contribution in [-0.2, 0) is 21.4 Å². The average Bonchev–Trinajstić information content (AvgIpc) is 3.26. The SMILES string of the molecule is CC[C@H](C)[C@H](N=C1NS(=O)(=O)c2ccccc21)C(=O)NCCCn1c(C)nc2ccccc21. The molecule has 9 heteroatoms. The number of rotatable bonds is 8. The number of fused-ring (bicyclic) bond motifs is 2. The number of hydrogen-bond acceptors (Lipinski definition) is 5. The molecule has 2 atom stereocenters. The van der Waals surface area contributed by atoms with E-state index >= 15 is 0 Å². The summed E-state index contributed by atoms with van der Waals surface area (Å²) in [6.07, 6.45) is 1.48. The number of para-hydroxylation sites is 2. The second-order valence-corrected chi connectivity index (χ2v) is 10.0. The summed E-state index contributed by atoms with van der Waals surface area (Å²) in [5.41, 5.74) is 2.55. The molecule has 2 heterocycles. The second-order valence-electron chi connectivity index (χ2n) is 8.35. The highest BCUT2D eigenvalue weighted by Gasteiger charge is 2.33. The lowest BCUT2D eigenvalue weighted by Crippen LogP contribution is -2.39. The summed E-state index contributed by atoms with van der Waals surface area (Å²) in [5, 5.41) is 2.99. The Morgan fingerprint density at radius 1 is 1.18 bits per heavy atom. The molecule has 2 aromatic carbocycles. The number of amides is 1. The van der Waals surface area contributed by atoms with Crippen molar-refractivity contribution in [1.29, 1.82) is 0 Å². The number of aromatic nitrogens is 2. The van der Waals surface area contributed by atoms with Crippen LogP contribution in [0.5, 0.6) is 0 Å². The summed E-state index contributed by atoms with van der Waals surface area (Å²) in [5.74, 6) is 0.924. The van der Waals surface area contributed by atoms with E-state index in [0.717, 1.165) is 36.2 Å². The Hall–Kier alpha value is -3.20. The molecule has 0 fully saturated rings. The molecule has 0 saturated carbocycles. The molecule has 4 rings (SSSR count). The maximum Gasteiger partial charge on any atom is 0.263 e. The molecule has 1 aliphatic heterocycles.